The minimum absolute atomic E-state index is 0.0542. The summed E-state index contributed by atoms with van der Waals surface area (Å²) in [5, 5.41) is 3.87. The molecule has 27 heavy (non-hydrogen) atoms. The molecule has 140 valence electrons. The van der Waals surface area contributed by atoms with Gasteiger partial charge in [0, 0.05) is 34.6 Å². The van der Waals surface area contributed by atoms with E-state index in [2.05, 4.69) is 17.4 Å². The van der Waals surface area contributed by atoms with Crippen LogP contribution in [0.1, 0.15) is 36.7 Å². The first-order chi connectivity index (χ1) is 12.9. The van der Waals surface area contributed by atoms with E-state index in [1.165, 1.54) is 5.56 Å². The number of carbonyl (C=O) groups is 2. The van der Waals surface area contributed by atoms with Crippen LogP contribution in [0.2, 0.25) is 0 Å². The van der Waals surface area contributed by atoms with Gasteiger partial charge in [0.25, 0.3) is 0 Å². The van der Waals surface area contributed by atoms with Gasteiger partial charge in [-0.15, -0.1) is 0 Å². The molecule has 3 aromatic rings. The molecule has 0 fully saturated rings. The lowest BCUT2D eigenvalue weighted by atomic mass is 9.86. The number of para-hydroxylation sites is 1. The van der Waals surface area contributed by atoms with Gasteiger partial charge >= 0.3 is 0 Å². The third kappa shape index (κ3) is 4.45. The molecule has 4 nitrogen and oxygen atoms in total. The fraction of sp³-hybridized carbons (Fsp3) is 0.304. The molecule has 0 aliphatic rings. The van der Waals surface area contributed by atoms with Crippen LogP contribution in [0.25, 0.3) is 10.9 Å². The Morgan fingerprint density at radius 1 is 0.963 bits per heavy atom. The molecule has 1 N–H and O–H groups in total. The third-order valence-corrected chi connectivity index (χ3v) is 4.61. The number of hydrogen-bond acceptors (Lipinski definition) is 2. The van der Waals surface area contributed by atoms with Gasteiger partial charge in [-0.05, 0) is 18.1 Å². The van der Waals surface area contributed by atoms with Gasteiger partial charge < -0.3 is 9.88 Å². The van der Waals surface area contributed by atoms with Gasteiger partial charge in [-0.3, -0.25) is 9.59 Å². The highest BCUT2D eigenvalue weighted by molar-refractivity contribution is 6.10. The second-order valence-corrected chi connectivity index (χ2v) is 7.85. The van der Waals surface area contributed by atoms with Gasteiger partial charge in [-0.25, -0.2) is 0 Å². The maximum atomic E-state index is 12.8. The van der Waals surface area contributed by atoms with Gasteiger partial charge in [0.05, 0.1) is 0 Å². The van der Waals surface area contributed by atoms with E-state index in [1.807, 2.05) is 74.0 Å². The molecule has 0 aliphatic heterocycles. The van der Waals surface area contributed by atoms with Crippen molar-refractivity contribution in [2.75, 3.05) is 6.54 Å². The maximum Gasteiger partial charge on any atom is 0.239 e. The monoisotopic (exact) mass is 362 g/mol. The Morgan fingerprint density at radius 2 is 1.63 bits per heavy atom. The Morgan fingerprint density at radius 3 is 2.33 bits per heavy atom. The summed E-state index contributed by atoms with van der Waals surface area (Å²) < 4.78 is 1.87. The zero-order valence-electron chi connectivity index (χ0n) is 16.2. The second-order valence-electron chi connectivity index (χ2n) is 7.85. The van der Waals surface area contributed by atoms with Crippen molar-refractivity contribution < 1.29 is 9.59 Å². The van der Waals surface area contributed by atoms with E-state index in [0.717, 1.165) is 17.3 Å². The fourth-order valence-electron chi connectivity index (χ4n) is 3.16. The Bertz CT molecular complexity index is 949. The van der Waals surface area contributed by atoms with Gasteiger partial charge in [0.2, 0.25) is 5.91 Å². The summed E-state index contributed by atoms with van der Waals surface area (Å²) in [6, 6.07) is 17.8. The summed E-state index contributed by atoms with van der Waals surface area (Å²) >= 11 is 0. The molecule has 0 radical (unpaired) electrons. The van der Waals surface area contributed by atoms with Crippen molar-refractivity contribution in [2.45, 2.75) is 33.7 Å². The van der Waals surface area contributed by atoms with E-state index in [9.17, 15) is 9.59 Å². The number of carbonyl (C=O) groups excluding carboxylic acids is 2. The minimum atomic E-state index is -0.465. The van der Waals surface area contributed by atoms with Crippen LogP contribution in [0.3, 0.4) is 0 Å². The largest absolute Gasteiger partial charge is 0.354 e. The number of Topliss-reactive ketones (excluding diaryl/α,β-unsaturated/α-hetero) is 1. The van der Waals surface area contributed by atoms with Crippen LogP contribution in [0.5, 0.6) is 0 Å². The fourth-order valence-corrected chi connectivity index (χ4v) is 3.16. The van der Waals surface area contributed by atoms with Gasteiger partial charge in [-0.2, -0.15) is 0 Å². The number of benzene rings is 2. The molecular weight excluding hydrogens is 336 g/mol. The average molecular weight is 362 g/mol. The molecular formula is C23H26N2O2. The number of nitrogens with one attached hydrogen (secondary N) is 1. The zero-order chi connectivity index (χ0) is 19.4. The highest BCUT2D eigenvalue weighted by atomic mass is 16.2. The van der Waals surface area contributed by atoms with Crippen molar-refractivity contribution in [1.29, 1.82) is 0 Å². The molecule has 1 aromatic heterocycles. The summed E-state index contributed by atoms with van der Waals surface area (Å²) in [6.07, 6.45) is 2.61. The van der Waals surface area contributed by atoms with E-state index in [4.69, 9.17) is 0 Å². The topological polar surface area (TPSA) is 51.1 Å². The first-order valence-electron chi connectivity index (χ1n) is 9.29. The normalized spacial score (nSPS) is 11.5. The predicted octanol–water partition coefficient (Wildman–Crippen LogP) is 4.23. The average Bonchev–Trinajstić information content (AvgIpc) is 3.00. The van der Waals surface area contributed by atoms with Crippen molar-refractivity contribution in [2.24, 2.45) is 5.41 Å². The molecule has 0 atom stereocenters. The standard InChI is InChI=1S/C23H26N2O2/c1-23(2,3)22(27)19-15-25(20-12-8-7-11-18(19)20)16-21(26)24-14-13-17-9-5-4-6-10-17/h4-12,15H,13-14,16H2,1-3H3,(H,24,26). The highest BCUT2D eigenvalue weighted by Gasteiger charge is 2.26. The Balaban J connectivity index is 1.73. The summed E-state index contributed by atoms with van der Waals surface area (Å²) in [7, 11) is 0. The number of aromatic nitrogens is 1. The lowest BCUT2D eigenvalue weighted by molar-refractivity contribution is -0.121. The van der Waals surface area contributed by atoms with Crippen molar-refractivity contribution in [3.8, 4) is 0 Å². The number of hydrogen-bond donors (Lipinski definition) is 1. The van der Waals surface area contributed by atoms with Gasteiger partial charge in [0.15, 0.2) is 5.78 Å². The first-order valence-corrected chi connectivity index (χ1v) is 9.29. The number of amides is 1. The van der Waals surface area contributed by atoms with Crippen LogP contribution in [0.4, 0.5) is 0 Å². The SMILES string of the molecule is CC(C)(C)C(=O)c1cn(CC(=O)NCCc2ccccc2)c2ccccc12. The van der Waals surface area contributed by atoms with E-state index in [-0.39, 0.29) is 18.2 Å². The molecule has 0 saturated carbocycles. The zero-order valence-corrected chi connectivity index (χ0v) is 16.2. The van der Waals surface area contributed by atoms with Gasteiger partial charge in [-0.1, -0.05) is 69.3 Å². The van der Waals surface area contributed by atoms with Crippen molar-refractivity contribution in [1.82, 2.24) is 9.88 Å². The molecule has 4 heteroatoms. The molecule has 3 rings (SSSR count). The molecule has 2 aromatic carbocycles. The van der Waals surface area contributed by atoms with Crippen molar-refractivity contribution in [3.05, 3.63) is 71.9 Å². The first kappa shape index (κ1) is 18.9. The highest BCUT2D eigenvalue weighted by Crippen LogP contribution is 2.28. The van der Waals surface area contributed by atoms with E-state index >= 15 is 0 Å². The summed E-state index contributed by atoms with van der Waals surface area (Å²) in [5.41, 5.74) is 2.31. The number of ketones is 1. The molecule has 1 amide bonds. The molecule has 1 heterocycles. The quantitative estimate of drug-likeness (QED) is 0.667. The van der Waals surface area contributed by atoms with E-state index in [1.54, 1.807) is 0 Å². The van der Waals surface area contributed by atoms with Crippen molar-refractivity contribution in [3.63, 3.8) is 0 Å². The summed E-state index contributed by atoms with van der Waals surface area (Å²) in [6.45, 7) is 6.54. The molecule has 0 unspecified atom stereocenters. The second kappa shape index (κ2) is 7.78. The van der Waals surface area contributed by atoms with E-state index < -0.39 is 5.41 Å². The van der Waals surface area contributed by atoms with Crippen molar-refractivity contribution >= 4 is 22.6 Å². The molecule has 0 spiro atoms. The predicted molar refractivity (Wildman–Crippen MR) is 109 cm³/mol. The minimum Gasteiger partial charge on any atom is -0.354 e. The molecule has 0 aliphatic carbocycles. The lowest BCUT2D eigenvalue weighted by Gasteiger charge is -2.15. The molecule has 0 bridgehead atoms. The Labute approximate surface area is 160 Å². The Hall–Kier alpha value is -2.88. The number of rotatable bonds is 6. The van der Waals surface area contributed by atoms with Gasteiger partial charge in [0.1, 0.15) is 6.54 Å². The third-order valence-electron chi connectivity index (χ3n) is 4.61. The number of nitrogens with zero attached hydrogens (tertiary/aromatic N) is 1. The van der Waals surface area contributed by atoms with E-state index in [0.29, 0.717) is 12.1 Å². The van der Waals surface area contributed by atoms with Crippen LogP contribution in [0.15, 0.2) is 60.8 Å². The maximum absolute atomic E-state index is 12.8. The van der Waals surface area contributed by atoms with Crippen LogP contribution in [-0.2, 0) is 17.8 Å². The summed E-state index contributed by atoms with van der Waals surface area (Å²) in [4.78, 5) is 25.2. The Kier molecular flexibility index (Phi) is 5.45. The van der Waals surface area contributed by atoms with Crippen LogP contribution in [-0.4, -0.2) is 22.8 Å². The smallest absolute Gasteiger partial charge is 0.239 e. The van der Waals surface area contributed by atoms with Crippen LogP contribution >= 0.6 is 0 Å². The number of fused-ring (bicyclic) bond motifs is 1. The lowest BCUT2D eigenvalue weighted by Crippen LogP contribution is -2.29. The molecule has 0 saturated heterocycles. The van der Waals surface area contributed by atoms with Crippen LogP contribution in [0, 0.1) is 5.41 Å². The van der Waals surface area contributed by atoms with Crippen LogP contribution < -0.4 is 5.32 Å². The summed E-state index contributed by atoms with van der Waals surface area (Å²) in [5.74, 6) is 0.0309.